The highest BCUT2D eigenvalue weighted by Gasteiger charge is 2.11. The molecule has 20 heavy (non-hydrogen) atoms. The quantitative estimate of drug-likeness (QED) is 0.218. The summed E-state index contributed by atoms with van der Waals surface area (Å²) >= 11 is 0. The van der Waals surface area contributed by atoms with Gasteiger partial charge in [0.05, 0.1) is 0 Å². The van der Waals surface area contributed by atoms with E-state index in [9.17, 15) is 9.59 Å². The van der Waals surface area contributed by atoms with E-state index in [4.69, 9.17) is 1.37 Å². The smallest absolute Gasteiger partial charge is 0.132 e. The van der Waals surface area contributed by atoms with Crippen LogP contribution in [-0.4, -0.2) is 34.4 Å². The Morgan fingerprint density at radius 2 is 2.10 bits per heavy atom. The molecule has 0 N–H and O–H groups in total. The third-order valence-electron chi connectivity index (χ3n) is 2.64. The minimum Gasteiger partial charge on any atom is -0.303 e. The Labute approximate surface area is 135 Å². The molecule has 2 nitrogen and oxygen atoms in total. The Balaban J connectivity index is 3.52. The lowest BCUT2D eigenvalue weighted by Gasteiger charge is -2.17. The zero-order valence-corrected chi connectivity index (χ0v) is 15.8. The molecule has 0 aromatic carbocycles. The van der Waals surface area contributed by atoms with Gasteiger partial charge in [0.15, 0.2) is 0 Å². The van der Waals surface area contributed by atoms with Crippen LogP contribution >= 0.6 is 30.2 Å². The van der Waals surface area contributed by atoms with E-state index in [0.717, 1.165) is 34.0 Å². The molecule has 0 aliphatic carbocycles. The van der Waals surface area contributed by atoms with Crippen molar-refractivity contribution < 1.29 is 11.0 Å². The van der Waals surface area contributed by atoms with Gasteiger partial charge in [0.25, 0.3) is 0 Å². The van der Waals surface area contributed by atoms with Crippen molar-refractivity contribution in [3.63, 3.8) is 0 Å². The van der Waals surface area contributed by atoms with E-state index < -0.39 is 6.26 Å². The van der Waals surface area contributed by atoms with Gasteiger partial charge in [0.2, 0.25) is 0 Å². The van der Waals surface area contributed by atoms with Gasteiger partial charge in [-0.15, -0.1) is 8.58 Å². The largest absolute Gasteiger partial charge is 0.303 e. The van der Waals surface area contributed by atoms with E-state index in [1.165, 1.54) is 0 Å². The lowest BCUT2D eigenvalue weighted by molar-refractivity contribution is -0.119. The molecule has 0 aromatic heterocycles. The van der Waals surface area contributed by atoms with Crippen LogP contribution < -0.4 is 0 Å². The van der Waals surface area contributed by atoms with Crippen molar-refractivity contribution in [2.45, 2.75) is 70.2 Å². The zero-order chi connectivity index (χ0) is 16.3. The van der Waals surface area contributed by atoms with E-state index in [1.54, 1.807) is 21.6 Å². The molecule has 118 valence electrons. The Morgan fingerprint density at radius 3 is 2.70 bits per heavy atom. The third kappa shape index (κ3) is 14.9. The summed E-state index contributed by atoms with van der Waals surface area (Å²) in [5.74, 6) is 1.08. The van der Waals surface area contributed by atoms with E-state index >= 15 is 0 Å². The van der Waals surface area contributed by atoms with Crippen molar-refractivity contribution in [2.24, 2.45) is 0 Å². The summed E-state index contributed by atoms with van der Waals surface area (Å²) in [6, 6.07) is 0. The lowest BCUT2D eigenvalue weighted by atomic mass is 10.1. The van der Waals surface area contributed by atoms with E-state index in [1.807, 2.05) is 0 Å². The molecule has 0 radical (unpaired) electrons. The Bertz CT molecular complexity index is 319. The number of rotatable bonds is 12. The van der Waals surface area contributed by atoms with Crippen LogP contribution in [0.3, 0.4) is 0 Å². The van der Waals surface area contributed by atoms with Gasteiger partial charge < -0.3 is 4.79 Å². The molecule has 0 heterocycles. The summed E-state index contributed by atoms with van der Waals surface area (Å²) in [4.78, 5) is 22.3. The molecule has 5 heteroatoms. The molecule has 0 saturated carbocycles. The van der Waals surface area contributed by atoms with Gasteiger partial charge in [0.1, 0.15) is 13.4 Å². The van der Waals surface area contributed by atoms with Gasteiger partial charge in [-0.05, 0) is 24.2 Å². The van der Waals surface area contributed by atoms with Crippen molar-refractivity contribution in [1.82, 2.24) is 0 Å². The number of ketones is 1. The van der Waals surface area contributed by atoms with E-state index in [-0.39, 0.29) is 0 Å². The van der Waals surface area contributed by atoms with Crippen LogP contribution in [0, 0.1) is 0 Å². The predicted molar refractivity (Wildman–Crippen MR) is 96.6 cm³/mol. The molecule has 0 bridgehead atoms. The first-order valence-electron chi connectivity index (χ1n) is 7.75. The minimum absolute atomic E-state index is 0.317. The highest BCUT2D eigenvalue weighted by Crippen LogP contribution is 2.31. The molecule has 0 aliphatic heterocycles. The summed E-state index contributed by atoms with van der Waals surface area (Å²) < 4.78 is 6.81. The minimum atomic E-state index is -0.498. The molecule has 0 amide bonds. The molecule has 0 aliphatic rings. The van der Waals surface area contributed by atoms with Crippen molar-refractivity contribution in [3.8, 4) is 0 Å². The van der Waals surface area contributed by atoms with Crippen molar-refractivity contribution in [3.05, 3.63) is 0 Å². The van der Waals surface area contributed by atoms with Crippen molar-refractivity contribution in [1.29, 1.82) is 0 Å². The standard InChI is InChI=1S/C15H29O2PS2/c1-13(20-19-12-6-10-16)8-9-14(17)7-5-11-18-15(2,3)4/h10,13,18H,5-9,11-12H2,1-4H3/i10D. The number of Topliss-reactive ketones (excluding diaryl/α,β-unsaturated/α-hetero) is 1. The van der Waals surface area contributed by atoms with E-state index in [0.29, 0.717) is 34.8 Å². The Hall–Kier alpha value is 0.470. The molecule has 0 aromatic rings. The third-order valence-corrected chi connectivity index (χ3v) is 7.27. The molecule has 0 spiro atoms. The normalized spacial score (nSPS) is 14.5. The second kappa shape index (κ2) is 12.1. The molecule has 0 saturated heterocycles. The predicted octanol–water partition coefficient (Wildman–Crippen LogP) is 4.95. The van der Waals surface area contributed by atoms with Gasteiger partial charge in [0, 0.05) is 30.3 Å². The van der Waals surface area contributed by atoms with Crippen LogP contribution in [0.4, 0.5) is 0 Å². The van der Waals surface area contributed by atoms with Crippen LogP contribution in [0.2, 0.25) is 0 Å². The number of aldehydes is 1. The first kappa shape index (κ1) is 18.5. The molecular weight excluding hydrogens is 307 g/mol. The molecule has 2 unspecified atom stereocenters. The number of carbonyl (C=O) groups excluding carboxylic acids is 2. The maximum absolute atomic E-state index is 11.8. The highest BCUT2D eigenvalue weighted by atomic mass is 33.1. The zero-order valence-electron chi connectivity index (χ0n) is 14.2. The van der Waals surface area contributed by atoms with Crippen LogP contribution in [-0.2, 0) is 9.59 Å². The van der Waals surface area contributed by atoms with Crippen LogP contribution in [0.25, 0.3) is 0 Å². The molecular formula is C15H29O2PS2. The maximum atomic E-state index is 11.8. The highest BCUT2D eigenvalue weighted by molar-refractivity contribution is 8.76. The van der Waals surface area contributed by atoms with Crippen LogP contribution in [0.15, 0.2) is 0 Å². The summed E-state index contributed by atoms with van der Waals surface area (Å²) in [7, 11) is 4.29. The fourth-order valence-electron chi connectivity index (χ4n) is 1.53. The van der Waals surface area contributed by atoms with Gasteiger partial charge in [-0.3, -0.25) is 4.79 Å². The average molecular weight is 338 g/mol. The number of carbonyl (C=O) groups is 2. The second-order valence-electron chi connectivity index (χ2n) is 5.98. The monoisotopic (exact) mass is 337 g/mol. The van der Waals surface area contributed by atoms with Gasteiger partial charge in [-0.2, -0.15) is 0 Å². The lowest BCUT2D eigenvalue weighted by Crippen LogP contribution is -2.07. The first-order valence-corrected chi connectivity index (χ1v) is 10.8. The van der Waals surface area contributed by atoms with Gasteiger partial charge in [-0.25, -0.2) is 0 Å². The fraction of sp³-hybridized carbons (Fsp3) is 0.867. The van der Waals surface area contributed by atoms with E-state index in [2.05, 4.69) is 27.7 Å². The molecule has 0 rings (SSSR count). The number of hydrogen-bond donors (Lipinski definition) is 0. The summed E-state index contributed by atoms with van der Waals surface area (Å²) in [5.41, 5.74) is 0. The SMILES string of the molecule is [2H]C(=O)CCSSC(C)CCC(=O)CCCPC(C)(C)C. The topological polar surface area (TPSA) is 34.1 Å². The molecule has 2 atom stereocenters. The molecule has 0 fully saturated rings. The second-order valence-corrected chi connectivity index (χ2v) is 11.3. The van der Waals surface area contributed by atoms with Gasteiger partial charge >= 0.3 is 0 Å². The van der Waals surface area contributed by atoms with Crippen molar-refractivity contribution in [2.75, 3.05) is 11.9 Å². The Kier molecular flexibility index (Phi) is 11.2. The average Bonchev–Trinajstić information content (AvgIpc) is 2.36. The summed E-state index contributed by atoms with van der Waals surface area (Å²) in [6.45, 7) is 8.86. The van der Waals surface area contributed by atoms with Crippen molar-refractivity contribution >= 4 is 42.2 Å². The van der Waals surface area contributed by atoms with Gasteiger partial charge in [-0.1, -0.05) is 49.3 Å². The summed E-state index contributed by atoms with van der Waals surface area (Å²) in [6.07, 6.45) is 4.31. The number of hydrogen-bond acceptors (Lipinski definition) is 4. The van der Waals surface area contributed by atoms with Crippen LogP contribution in [0.5, 0.6) is 0 Å². The first-order chi connectivity index (χ1) is 9.70. The summed E-state index contributed by atoms with van der Waals surface area (Å²) in [5, 5.41) is 0.822. The maximum Gasteiger partial charge on any atom is 0.132 e. The fourth-order valence-corrected chi connectivity index (χ4v) is 4.87. The van der Waals surface area contributed by atoms with Crippen LogP contribution in [0.1, 0.15) is 61.2 Å². The Morgan fingerprint density at radius 1 is 1.40 bits per heavy atom.